The number of fused-ring (bicyclic) bond motifs is 3. The van der Waals surface area contributed by atoms with Crippen molar-refractivity contribution in [3.8, 4) is 0 Å². The van der Waals surface area contributed by atoms with Crippen LogP contribution in [-0.2, 0) is 17.8 Å². The molecule has 1 aliphatic rings. The summed E-state index contributed by atoms with van der Waals surface area (Å²) >= 11 is 9.06. The van der Waals surface area contributed by atoms with Gasteiger partial charge in [0.1, 0.15) is 10.6 Å². The molecule has 7 heteroatoms. The minimum Gasteiger partial charge on any atom is -0.383 e. The maximum absolute atomic E-state index is 6.24. The van der Waals surface area contributed by atoms with E-state index in [9.17, 15) is 0 Å². The first kappa shape index (κ1) is 17.0. The van der Waals surface area contributed by atoms with E-state index in [1.54, 1.807) is 23.1 Å². The monoisotopic (exact) mass is 369 g/mol. The van der Waals surface area contributed by atoms with E-state index in [-0.39, 0.29) is 6.10 Å². The summed E-state index contributed by atoms with van der Waals surface area (Å²) in [5, 5.41) is 2.49. The predicted octanol–water partition coefficient (Wildman–Crippen LogP) is 4.61. The second-order valence-corrected chi connectivity index (χ2v) is 8.64. The Balaban J connectivity index is 1.93. The lowest BCUT2D eigenvalue weighted by molar-refractivity contribution is 0.00203. The van der Waals surface area contributed by atoms with Crippen LogP contribution in [-0.4, -0.2) is 21.8 Å². The topological polar surface area (TPSA) is 61.0 Å². The maximum atomic E-state index is 6.24. The van der Waals surface area contributed by atoms with Gasteiger partial charge in [0.25, 0.3) is 0 Å². The van der Waals surface area contributed by atoms with Crippen molar-refractivity contribution in [3.63, 3.8) is 0 Å². The van der Waals surface area contributed by atoms with Gasteiger partial charge in [0, 0.05) is 22.1 Å². The number of nitrogen functional groups attached to an aromatic ring is 1. The average Bonchev–Trinajstić information content (AvgIpc) is 2.84. The van der Waals surface area contributed by atoms with Crippen LogP contribution in [0, 0.1) is 5.92 Å². The fraction of sp³-hybridized carbons (Fsp3) is 0.500. The van der Waals surface area contributed by atoms with Crippen molar-refractivity contribution in [3.05, 3.63) is 21.5 Å². The number of hydrogen-bond acceptors (Lipinski definition) is 6. The fourth-order valence-corrected chi connectivity index (χ4v) is 4.77. The zero-order valence-electron chi connectivity index (χ0n) is 13.4. The molecule has 124 valence electrons. The number of allylic oxidation sites excluding steroid dienone is 1. The highest BCUT2D eigenvalue weighted by Crippen LogP contribution is 2.39. The number of aromatic nitrogens is 2. The summed E-state index contributed by atoms with van der Waals surface area (Å²) in [6, 6.07) is 0. The quantitative estimate of drug-likeness (QED) is 0.630. The highest BCUT2D eigenvalue weighted by molar-refractivity contribution is 7.99. The van der Waals surface area contributed by atoms with Gasteiger partial charge in [-0.15, -0.1) is 11.3 Å². The van der Waals surface area contributed by atoms with E-state index in [1.807, 2.05) is 13.0 Å². The number of nitrogens with zero attached hydrogens (tertiary/aromatic N) is 2. The van der Waals surface area contributed by atoms with E-state index in [2.05, 4.69) is 23.8 Å². The molecular formula is C16H20ClN3OS2. The Morgan fingerprint density at radius 1 is 1.52 bits per heavy atom. The molecule has 0 unspecified atom stereocenters. The molecule has 0 bridgehead atoms. The summed E-state index contributed by atoms with van der Waals surface area (Å²) in [6.45, 7) is 6.88. The number of nitrogens with two attached hydrogens (primary N) is 1. The first-order valence-corrected chi connectivity index (χ1v) is 9.78. The van der Waals surface area contributed by atoms with Crippen molar-refractivity contribution < 1.29 is 4.74 Å². The zero-order valence-corrected chi connectivity index (χ0v) is 15.8. The number of hydrogen-bond donors (Lipinski definition) is 1. The summed E-state index contributed by atoms with van der Waals surface area (Å²) in [5.74, 6) is 1.80. The van der Waals surface area contributed by atoms with Crippen molar-refractivity contribution in [2.24, 2.45) is 5.92 Å². The molecule has 0 amide bonds. The molecule has 1 aliphatic heterocycles. The first-order chi connectivity index (χ1) is 11.0. The highest BCUT2D eigenvalue weighted by atomic mass is 35.5. The Hall–Kier alpha value is -0.820. The van der Waals surface area contributed by atoms with Gasteiger partial charge in [0.05, 0.1) is 18.1 Å². The van der Waals surface area contributed by atoms with Gasteiger partial charge in [-0.05, 0) is 18.4 Å². The van der Waals surface area contributed by atoms with Crippen LogP contribution in [0.4, 0.5) is 5.82 Å². The molecule has 0 saturated heterocycles. The van der Waals surface area contributed by atoms with Gasteiger partial charge < -0.3 is 10.5 Å². The summed E-state index contributed by atoms with van der Waals surface area (Å²) in [6.07, 6.45) is 3.07. The predicted molar refractivity (Wildman–Crippen MR) is 99.3 cm³/mol. The smallest absolute Gasteiger partial charge is 0.191 e. The molecule has 0 fully saturated rings. The second-order valence-electron chi connectivity index (χ2n) is 5.97. The van der Waals surface area contributed by atoms with Crippen LogP contribution in [0.25, 0.3) is 10.2 Å². The van der Waals surface area contributed by atoms with Gasteiger partial charge in [-0.25, -0.2) is 9.97 Å². The molecule has 0 aliphatic carbocycles. The molecular weight excluding hydrogens is 350 g/mol. The molecule has 0 radical (unpaired) electrons. The van der Waals surface area contributed by atoms with Crippen LogP contribution in [0.5, 0.6) is 0 Å². The molecule has 2 aromatic heterocycles. The van der Waals surface area contributed by atoms with Gasteiger partial charge >= 0.3 is 0 Å². The van der Waals surface area contributed by atoms with Gasteiger partial charge in [-0.2, -0.15) is 0 Å². The summed E-state index contributed by atoms with van der Waals surface area (Å²) in [5.41, 5.74) is 7.52. The Kier molecular flexibility index (Phi) is 5.16. The van der Waals surface area contributed by atoms with Crippen LogP contribution < -0.4 is 5.73 Å². The third-order valence-corrected chi connectivity index (χ3v) is 5.92. The number of halogens is 1. The maximum Gasteiger partial charge on any atom is 0.191 e. The van der Waals surface area contributed by atoms with Gasteiger partial charge in [0.2, 0.25) is 0 Å². The molecule has 2 N–H and O–H groups in total. The lowest BCUT2D eigenvalue weighted by atomic mass is 9.96. The lowest BCUT2D eigenvalue weighted by Gasteiger charge is -2.26. The SMILES string of the molecule is C/C(Cl)=C\CSc1nc(N)c2c3c(sc2n1)CO[C@@H](C(C)C)C3. The Morgan fingerprint density at radius 2 is 2.30 bits per heavy atom. The van der Waals surface area contributed by atoms with E-state index < -0.39 is 0 Å². The normalized spacial score (nSPS) is 18.7. The largest absolute Gasteiger partial charge is 0.383 e. The van der Waals surface area contributed by atoms with E-state index in [0.29, 0.717) is 23.5 Å². The summed E-state index contributed by atoms with van der Waals surface area (Å²) < 4.78 is 5.95. The molecule has 3 rings (SSSR count). The molecule has 0 saturated carbocycles. The van der Waals surface area contributed by atoms with Crippen LogP contribution >= 0.6 is 34.7 Å². The molecule has 23 heavy (non-hydrogen) atoms. The number of thiophene rings is 1. The average molecular weight is 370 g/mol. The van der Waals surface area contributed by atoms with Crippen LogP contribution in [0.1, 0.15) is 31.2 Å². The van der Waals surface area contributed by atoms with Crippen molar-refractivity contribution in [1.82, 2.24) is 9.97 Å². The Morgan fingerprint density at radius 3 is 3.00 bits per heavy atom. The first-order valence-electron chi connectivity index (χ1n) is 7.60. The van der Waals surface area contributed by atoms with Crippen molar-refractivity contribution in [1.29, 1.82) is 0 Å². The van der Waals surface area contributed by atoms with E-state index >= 15 is 0 Å². The summed E-state index contributed by atoms with van der Waals surface area (Å²) in [4.78, 5) is 11.3. The molecule has 0 aromatic carbocycles. The van der Waals surface area contributed by atoms with Crippen LogP contribution in [0.15, 0.2) is 16.3 Å². The minimum atomic E-state index is 0.241. The third kappa shape index (κ3) is 3.65. The zero-order chi connectivity index (χ0) is 16.6. The molecule has 4 nitrogen and oxygen atoms in total. The van der Waals surface area contributed by atoms with E-state index in [0.717, 1.165) is 27.4 Å². The van der Waals surface area contributed by atoms with Gasteiger partial charge in [-0.3, -0.25) is 0 Å². The fourth-order valence-electron chi connectivity index (χ4n) is 2.61. The standard InChI is InChI=1S/C16H20ClN3OS2/c1-8(2)11-6-10-12(7-21-11)23-15-13(10)14(18)19-16(20-15)22-5-4-9(3)17/h4,8,11H,5-7H2,1-3H3,(H2,18,19,20)/b9-4+/t11-/m1/s1. The molecule has 1 atom stereocenters. The van der Waals surface area contributed by atoms with Gasteiger partial charge in [0.15, 0.2) is 5.16 Å². The Labute approximate surface area is 149 Å². The van der Waals surface area contributed by atoms with Gasteiger partial charge in [-0.1, -0.05) is 43.3 Å². The molecule has 3 heterocycles. The number of anilines is 1. The molecule has 0 spiro atoms. The number of ether oxygens (including phenoxy) is 1. The van der Waals surface area contributed by atoms with Crippen molar-refractivity contribution in [2.75, 3.05) is 11.5 Å². The van der Waals surface area contributed by atoms with E-state index in [4.69, 9.17) is 22.1 Å². The minimum absolute atomic E-state index is 0.241. The number of rotatable bonds is 4. The second kappa shape index (κ2) is 6.97. The van der Waals surface area contributed by atoms with E-state index in [1.165, 1.54) is 10.4 Å². The van der Waals surface area contributed by atoms with Crippen LogP contribution in [0.3, 0.4) is 0 Å². The van der Waals surface area contributed by atoms with Crippen molar-refractivity contribution in [2.45, 2.75) is 45.1 Å². The van der Waals surface area contributed by atoms with Crippen molar-refractivity contribution >= 4 is 50.7 Å². The highest BCUT2D eigenvalue weighted by Gasteiger charge is 2.27. The third-order valence-electron chi connectivity index (χ3n) is 3.90. The lowest BCUT2D eigenvalue weighted by Crippen LogP contribution is -2.26. The Bertz CT molecular complexity index is 753. The van der Waals surface area contributed by atoms with Crippen LogP contribution in [0.2, 0.25) is 0 Å². The molecule has 2 aromatic rings. The number of thioether (sulfide) groups is 1. The summed E-state index contributed by atoms with van der Waals surface area (Å²) in [7, 11) is 0.